The van der Waals surface area contributed by atoms with Crippen molar-refractivity contribution < 1.29 is 4.92 Å². The van der Waals surface area contributed by atoms with Crippen molar-refractivity contribution in [3.05, 3.63) is 27.9 Å². The third-order valence-corrected chi connectivity index (χ3v) is 3.82. The van der Waals surface area contributed by atoms with Gasteiger partial charge in [-0.1, -0.05) is 6.42 Å². The Morgan fingerprint density at radius 3 is 2.95 bits per heavy atom. The smallest absolute Gasteiger partial charge is 0.277 e. The maximum Gasteiger partial charge on any atom is 0.277 e. The Hall–Kier alpha value is -1.69. The molecule has 0 radical (unpaired) electrons. The minimum absolute atomic E-state index is 0.144. The van der Waals surface area contributed by atoms with Crippen LogP contribution < -0.4 is 10.2 Å². The highest BCUT2D eigenvalue weighted by molar-refractivity contribution is 5.50. The predicted octanol–water partition coefficient (Wildman–Crippen LogP) is 2.27. The second kappa shape index (κ2) is 6.65. The summed E-state index contributed by atoms with van der Waals surface area (Å²) in [5, 5.41) is 14.5. The molecule has 1 aromatic heterocycles. The van der Waals surface area contributed by atoms with Gasteiger partial charge in [0.25, 0.3) is 5.69 Å². The summed E-state index contributed by atoms with van der Waals surface area (Å²) in [5.74, 6) is 0.692. The van der Waals surface area contributed by atoms with Crippen LogP contribution in [0.4, 0.5) is 11.5 Å². The fourth-order valence-corrected chi connectivity index (χ4v) is 2.60. The number of hydrogen-bond donors (Lipinski definition) is 1. The summed E-state index contributed by atoms with van der Waals surface area (Å²) in [6.07, 6.45) is 5.22. The van der Waals surface area contributed by atoms with E-state index in [1.807, 2.05) is 0 Å². The van der Waals surface area contributed by atoms with E-state index in [2.05, 4.69) is 22.1 Å². The highest BCUT2D eigenvalue weighted by atomic mass is 16.6. The van der Waals surface area contributed by atoms with Crippen LogP contribution in [0.5, 0.6) is 0 Å². The number of nitrogens with one attached hydrogen (secondary N) is 1. The molecule has 6 heteroatoms. The second-order valence-electron chi connectivity index (χ2n) is 5.27. The fraction of sp³-hybridized carbons (Fsp3) is 0.643. The van der Waals surface area contributed by atoms with Gasteiger partial charge in [-0.25, -0.2) is 4.98 Å². The number of pyridine rings is 1. The Kier molecular flexibility index (Phi) is 4.89. The number of likely N-dealkylation sites (N-methyl/N-ethyl adjacent to an activating group) is 1. The van der Waals surface area contributed by atoms with Crippen molar-refractivity contribution in [1.82, 2.24) is 10.3 Å². The Morgan fingerprint density at radius 2 is 2.35 bits per heavy atom. The Labute approximate surface area is 119 Å². The molecular weight excluding hydrogens is 256 g/mol. The summed E-state index contributed by atoms with van der Waals surface area (Å²) in [7, 11) is 0. The molecule has 1 aliphatic heterocycles. The molecule has 110 valence electrons. The fourth-order valence-electron chi connectivity index (χ4n) is 2.60. The summed E-state index contributed by atoms with van der Waals surface area (Å²) in [4.78, 5) is 17.1. The van der Waals surface area contributed by atoms with Crippen molar-refractivity contribution in [3.63, 3.8) is 0 Å². The van der Waals surface area contributed by atoms with Crippen molar-refractivity contribution in [2.24, 2.45) is 0 Å². The quantitative estimate of drug-likeness (QED) is 0.661. The van der Waals surface area contributed by atoms with Gasteiger partial charge in [0, 0.05) is 30.9 Å². The first kappa shape index (κ1) is 14.7. The van der Waals surface area contributed by atoms with Gasteiger partial charge in [-0.3, -0.25) is 10.1 Å². The summed E-state index contributed by atoms with van der Waals surface area (Å²) < 4.78 is 0. The van der Waals surface area contributed by atoms with E-state index in [0.29, 0.717) is 17.4 Å². The van der Waals surface area contributed by atoms with Crippen LogP contribution in [0.3, 0.4) is 0 Å². The van der Waals surface area contributed by atoms with E-state index in [-0.39, 0.29) is 10.6 Å². The monoisotopic (exact) mass is 278 g/mol. The number of nitrogens with zero attached hydrogens (tertiary/aromatic N) is 3. The van der Waals surface area contributed by atoms with E-state index < -0.39 is 0 Å². The topological polar surface area (TPSA) is 71.3 Å². The molecule has 1 aliphatic rings. The van der Waals surface area contributed by atoms with Gasteiger partial charge in [0.1, 0.15) is 5.82 Å². The van der Waals surface area contributed by atoms with Crippen molar-refractivity contribution in [2.75, 3.05) is 24.5 Å². The van der Waals surface area contributed by atoms with E-state index in [1.165, 1.54) is 12.8 Å². The van der Waals surface area contributed by atoms with Gasteiger partial charge in [0.15, 0.2) is 0 Å². The molecule has 2 rings (SSSR count). The van der Waals surface area contributed by atoms with Gasteiger partial charge >= 0.3 is 0 Å². The van der Waals surface area contributed by atoms with Crippen LogP contribution in [0.25, 0.3) is 0 Å². The zero-order valence-electron chi connectivity index (χ0n) is 12.1. The van der Waals surface area contributed by atoms with Crippen molar-refractivity contribution in [1.29, 1.82) is 0 Å². The summed E-state index contributed by atoms with van der Waals surface area (Å²) in [5.41, 5.74) is 0.746. The van der Waals surface area contributed by atoms with Gasteiger partial charge in [-0.2, -0.15) is 0 Å². The Balaban J connectivity index is 2.14. The third-order valence-electron chi connectivity index (χ3n) is 3.82. The first-order chi connectivity index (χ1) is 9.61. The lowest BCUT2D eigenvalue weighted by molar-refractivity contribution is -0.385. The van der Waals surface area contributed by atoms with Crippen LogP contribution in [-0.2, 0) is 0 Å². The summed E-state index contributed by atoms with van der Waals surface area (Å²) >= 11 is 0. The van der Waals surface area contributed by atoms with Gasteiger partial charge < -0.3 is 10.2 Å². The largest absolute Gasteiger partial charge is 0.355 e. The average molecular weight is 278 g/mol. The SMILES string of the molecule is CCN(CC1CCCCN1)c1cc([N+](=O)[O-])c(C)cn1. The standard InChI is InChI=1S/C14H22N4O2/c1-3-17(10-12-6-4-5-7-15-12)14-8-13(18(19)20)11(2)9-16-14/h8-9,12,15H,3-7,10H2,1-2H3. The molecule has 0 saturated carbocycles. The molecule has 1 saturated heterocycles. The molecule has 1 unspecified atom stereocenters. The number of hydrogen-bond acceptors (Lipinski definition) is 5. The second-order valence-corrected chi connectivity index (χ2v) is 5.27. The highest BCUT2D eigenvalue weighted by Gasteiger charge is 2.19. The molecular formula is C14H22N4O2. The minimum Gasteiger partial charge on any atom is -0.355 e. The van der Waals surface area contributed by atoms with E-state index in [4.69, 9.17) is 0 Å². The molecule has 2 heterocycles. The maximum absolute atomic E-state index is 11.0. The molecule has 0 bridgehead atoms. The van der Waals surface area contributed by atoms with E-state index in [1.54, 1.807) is 19.2 Å². The van der Waals surface area contributed by atoms with Gasteiger partial charge in [0.05, 0.1) is 11.0 Å². The highest BCUT2D eigenvalue weighted by Crippen LogP contribution is 2.23. The normalized spacial score (nSPS) is 18.8. The van der Waals surface area contributed by atoms with Crippen LogP contribution in [0, 0.1) is 17.0 Å². The van der Waals surface area contributed by atoms with E-state index >= 15 is 0 Å². The number of anilines is 1. The number of rotatable bonds is 5. The molecule has 1 aromatic rings. The Bertz CT molecular complexity index is 472. The van der Waals surface area contributed by atoms with Crippen LogP contribution in [-0.4, -0.2) is 35.6 Å². The molecule has 0 spiro atoms. The lowest BCUT2D eigenvalue weighted by atomic mass is 10.0. The van der Waals surface area contributed by atoms with Gasteiger partial charge in [-0.15, -0.1) is 0 Å². The number of piperidine rings is 1. The van der Waals surface area contributed by atoms with Crippen LogP contribution in [0.15, 0.2) is 12.3 Å². The third kappa shape index (κ3) is 3.45. The zero-order chi connectivity index (χ0) is 14.5. The Morgan fingerprint density at radius 1 is 1.55 bits per heavy atom. The lowest BCUT2D eigenvalue weighted by Gasteiger charge is -2.30. The number of aromatic nitrogens is 1. The molecule has 0 amide bonds. The van der Waals surface area contributed by atoms with Gasteiger partial charge in [0.2, 0.25) is 0 Å². The first-order valence-corrected chi connectivity index (χ1v) is 7.21. The van der Waals surface area contributed by atoms with Crippen molar-refractivity contribution in [3.8, 4) is 0 Å². The lowest BCUT2D eigenvalue weighted by Crippen LogP contribution is -2.44. The van der Waals surface area contributed by atoms with Crippen molar-refractivity contribution >= 4 is 11.5 Å². The predicted molar refractivity (Wildman–Crippen MR) is 79.2 cm³/mol. The molecule has 0 aliphatic carbocycles. The molecule has 1 atom stereocenters. The van der Waals surface area contributed by atoms with Crippen LogP contribution >= 0.6 is 0 Å². The average Bonchev–Trinajstić information content (AvgIpc) is 2.46. The van der Waals surface area contributed by atoms with Crippen molar-refractivity contribution in [2.45, 2.75) is 39.2 Å². The summed E-state index contributed by atoms with van der Waals surface area (Å²) in [6.45, 7) is 6.48. The molecule has 1 fully saturated rings. The molecule has 6 nitrogen and oxygen atoms in total. The van der Waals surface area contributed by atoms with E-state index in [0.717, 1.165) is 26.1 Å². The summed E-state index contributed by atoms with van der Waals surface area (Å²) in [6, 6.07) is 2.03. The number of aryl methyl sites for hydroxylation is 1. The molecule has 0 aromatic carbocycles. The maximum atomic E-state index is 11.0. The van der Waals surface area contributed by atoms with E-state index in [9.17, 15) is 10.1 Å². The molecule has 20 heavy (non-hydrogen) atoms. The zero-order valence-corrected chi connectivity index (χ0v) is 12.1. The van der Waals surface area contributed by atoms with Gasteiger partial charge in [-0.05, 0) is 33.2 Å². The van der Waals surface area contributed by atoms with Crippen LogP contribution in [0.1, 0.15) is 31.7 Å². The molecule has 1 N–H and O–H groups in total. The van der Waals surface area contributed by atoms with Crippen LogP contribution in [0.2, 0.25) is 0 Å². The minimum atomic E-state index is -0.340. The first-order valence-electron chi connectivity index (χ1n) is 7.21. The number of nitro groups is 1.